The van der Waals surface area contributed by atoms with E-state index in [0.29, 0.717) is 10.5 Å². The minimum atomic E-state index is -0.650. The van der Waals surface area contributed by atoms with Crippen molar-refractivity contribution in [2.45, 2.75) is 6.61 Å². The van der Waals surface area contributed by atoms with Gasteiger partial charge in [0.25, 0.3) is 11.4 Å². The average molecular weight is 228 g/mol. The largest absolute Gasteiger partial charge is 0.423 e. The molecule has 0 spiro atoms. The molecule has 7 nitrogen and oxygen atoms in total. The molecule has 0 heterocycles. The number of nitro groups is 2. The highest BCUT2D eigenvalue weighted by atomic mass is 28.2. The highest BCUT2D eigenvalue weighted by Gasteiger charge is 2.23. The first kappa shape index (κ1) is 11.3. The van der Waals surface area contributed by atoms with Gasteiger partial charge in [0.05, 0.1) is 16.5 Å². The van der Waals surface area contributed by atoms with Gasteiger partial charge in [0.15, 0.2) is 0 Å². The Hall–Kier alpha value is -1.80. The molecule has 0 fully saturated rings. The lowest BCUT2D eigenvalue weighted by Crippen LogP contribution is -2.02. The van der Waals surface area contributed by atoms with Crippen LogP contribution in [0.15, 0.2) is 18.2 Å². The SMILES string of the molecule is O=[N+]([O-])c1cccc([N+](=O)[O-])c1CO[SiH3]. The predicted octanol–water partition coefficient (Wildman–Crippen LogP) is 0.300. The van der Waals surface area contributed by atoms with Crippen molar-refractivity contribution in [3.05, 3.63) is 44.0 Å². The summed E-state index contributed by atoms with van der Waals surface area (Å²) in [5.41, 5.74) is -0.539. The molecule has 15 heavy (non-hydrogen) atoms. The monoisotopic (exact) mass is 228 g/mol. The van der Waals surface area contributed by atoms with E-state index in [1.54, 1.807) is 0 Å². The molecule has 8 heteroatoms. The van der Waals surface area contributed by atoms with Gasteiger partial charge in [-0.2, -0.15) is 0 Å². The minimum absolute atomic E-state index is 0.0162. The van der Waals surface area contributed by atoms with E-state index < -0.39 is 9.85 Å². The topological polar surface area (TPSA) is 95.5 Å². The second kappa shape index (κ2) is 4.62. The third-order valence-corrected chi connectivity index (χ3v) is 2.10. The van der Waals surface area contributed by atoms with Crippen LogP contribution in [-0.4, -0.2) is 20.3 Å². The van der Waals surface area contributed by atoms with Gasteiger partial charge in [-0.25, -0.2) is 0 Å². The van der Waals surface area contributed by atoms with Crippen LogP contribution in [0.5, 0.6) is 0 Å². The maximum Gasteiger partial charge on any atom is 0.281 e. The average Bonchev–Trinajstić information content (AvgIpc) is 2.17. The highest BCUT2D eigenvalue weighted by Crippen LogP contribution is 2.28. The summed E-state index contributed by atoms with van der Waals surface area (Å²) in [5, 5.41) is 21.2. The molecule has 1 aromatic rings. The Morgan fingerprint density at radius 2 is 1.67 bits per heavy atom. The molecular weight excluding hydrogens is 220 g/mol. The maximum atomic E-state index is 10.6. The fraction of sp³-hybridized carbons (Fsp3) is 0.143. The molecule has 0 aliphatic carbocycles. The molecule has 0 saturated heterocycles. The number of benzene rings is 1. The van der Waals surface area contributed by atoms with E-state index >= 15 is 0 Å². The van der Waals surface area contributed by atoms with Crippen molar-refractivity contribution >= 4 is 21.9 Å². The van der Waals surface area contributed by atoms with Crippen LogP contribution in [0.4, 0.5) is 11.4 Å². The molecule has 1 rings (SSSR count). The summed E-state index contributed by atoms with van der Waals surface area (Å²) in [7, 11) is 0.366. The zero-order valence-electron chi connectivity index (χ0n) is 7.87. The van der Waals surface area contributed by atoms with E-state index in [0.717, 1.165) is 0 Å². The van der Waals surface area contributed by atoms with Crippen LogP contribution in [0.25, 0.3) is 0 Å². The zero-order chi connectivity index (χ0) is 11.4. The normalized spacial score (nSPS) is 10.1. The molecule has 1 aromatic carbocycles. The first-order chi connectivity index (χ1) is 7.07. The van der Waals surface area contributed by atoms with Crippen molar-refractivity contribution in [3.8, 4) is 0 Å². The van der Waals surface area contributed by atoms with Crippen molar-refractivity contribution in [1.29, 1.82) is 0 Å². The van der Waals surface area contributed by atoms with Crippen molar-refractivity contribution < 1.29 is 14.3 Å². The second-order valence-corrected chi connectivity index (χ2v) is 3.30. The lowest BCUT2D eigenvalue weighted by atomic mass is 10.1. The van der Waals surface area contributed by atoms with Gasteiger partial charge >= 0.3 is 0 Å². The van der Waals surface area contributed by atoms with Crippen LogP contribution in [0.2, 0.25) is 0 Å². The van der Waals surface area contributed by atoms with Gasteiger partial charge in [-0.1, -0.05) is 0 Å². The number of nitro benzene ring substituents is 2. The molecular formula is C7H8N2O5Si. The summed E-state index contributed by atoms with van der Waals surface area (Å²) in [5.74, 6) is 0. The number of nitrogens with zero attached hydrogens (tertiary/aromatic N) is 2. The predicted molar refractivity (Wildman–Crippen MR) is 54.5 cm³/mol. The lowest BCUT2D eigenvalue weighted by Gasteiger charge is -2.02. The Morgan fingerprint density at radius 3 is 2.00 bits per heavy atom. The third kappa shape index (κ3) is 2.36. The summed E-state index contributed by atoms with van der Waals surface area (Å²) in [6.07, 6.45) is 0. The second-order valence-electron chi connectivity index (χ2n) is 2.72. The van der Waals surface area contributed by atoms with Gasteiger partial charge < -0.3 is 4.43 Å². The van der Waals surface area contributed by atoms with E-state index in [9.17, 15) is 20.2 Å². The van der Waals surface area contributed by atoms with Crippen molar-refractivity contribution in [3.63, 3.8) is 0 Å². The van der Waals surface area contributed by atoms with E-state index in [4.69, 9.17) is 4.43 Å². The Balaban J connectivity index is 3.34. The van der Waals surface area contributed by atoms with E-state index in [2.05, 4.69) is 0 Å². The number of hydrogen-bond acceptors (Lipinski definition) is 5. The molecule has 0 saturated carbocycles. The standard InChI is InChI=1S/C7H8N2O5Si/c10-8(11)6-2-1-3-7(9(12)13)5(6)4-14-15/h1-3H,4H2,15H3. The van der Waals surface area contributed by atoms with Crippen molar-refractivity contribution in [2.24, 2.45) is 0 Å². The van der Waals surface area contributed by atoms with Gasteiger partial charge in [-0.05, 0) is 6.07 Å². The van der Waals surface area contributed by atoms with Crippen LogP contribution >= 0.6 is 0 Å². The number of hydrogen-bond donors (Lipinski definition) is 0. The molecule has 0 aliphatic heterocycles. The summed E-state index contributed by atoms with van der Waals surface area (Å²) in [6, 6.07) is 3.73. The first-order valence-corrected chi connectivity index (χ1v) is 4.79. The maximum absolute atomic E-state index is 10.6. The third-order valence-electron chi connectivity index (χ3n) is 1.81. The van der Waals surface area contributed by atoms with E-state index in [1.165, 1.54) is 18.2 Å². The molecule has 0 N–H and O–H groups in total. The van der Waals surface area contributed by atoms with Crippen LogP contribution in [-0.2, 0) is 11.0 Å². The Kier molecular flexibility index (Phi) is 3.47. The summed E-state index contributed by atoms with van der Waals surface area (Å²) >= 11 is 0. The molecule has 0 amide bonds. The highest BCUT2D eigenvalue weighted by molar-refractivity contribution is 5.98. The fourth-order valence-corrected chi connectivity index (χ4v) is 1.49. The first-order valence-electron chi connectivity index (χ1n) is 3.97. The van der Waals surface area contributed by atoms with Crippen LogP contribution in [0, 0.1) is 20.2 Å². The lowest BCUT2D eigenvalue weighted by molar-refractivity contribution is -0.396. The Bertz CT molecular complexity index is 376. The molecule has 0 aromatic heterocycles. The van der Waals surface area contributed by atoms with E-state index in [-0.39, 0.29) is 23.5 Å². The Morgan fingerprint density at radius 1 is 1.20 bits per heavy atom. The van der Waals surface area contributed by atoms with E-state index in [1.807, 2.05) is 0 Å². The van der Waals surface area contributed by atoms with Gasteiger partial charge in [0, 0.05) is 12.1 Å². The molecule has 0 bridgehead atoms. The fourth-order valence-electron chi connectivity index (χ4n) is 1.20. The zero-order valence-corrected chi connectivity index (χ0v) is 9.87. The van der Waals surface area contributed by atoms with Crippen LogP contribution < -0.4 is 0 Å². The smallest absolute Gasteiger partial charge is 0.281 e. The molecule has 0 atom stereocenters. The number of rotatable bonds is 4. The van der Waals surface area contributed by atoms with Crippen LogP contribution in [0.3, 0.4) is 0 Å². The minimum Gasteiger partial charge on any atom is -0.423 e. The summed E-state index contributed by atoms with van der Waals surface area (Å²) < 4.78 is 4.84. The van der Waals surface area contributed by atoms with Gasteiger partial charge in [-0.15, -0.1) is 0 Å². The van der Waals surface area contributed by atoms with Gasteiger partial charge in [0.2, 0.25) is 0 Å². The molecule has 80 valence electrons. The summed E-state index contributed by atoms with van der Waals surface area (Å²) in [4.78, 5) is 19.9. The molecule has 0 aliphatic rings. The molecule has 0 unspecified atom stereocenters. The van der Waals surface area contributed by atoms with Crippen LogP contribution in [0.1, 0.15) is 5.56 Å². The quantitative estimate of drug-likeness (QED) is 0.419. The molecule has 0 radical (unpaired) electrons. The van der Waals surface area contributed by atoms with Crippen molar-refractivity contribution in [2.75, 3.05) is 0 Å². The summed E-state index contributed by atoms with van der Waals surface area (Å²) in [6.45, 7) is -0.0975. The van der Waals surface area contributed by atoms with Gasteiger partial charge in [-0.3, -0.25) is 20.2 Å². The Labute approximate surface area is 87.5 Å². The van der Waals surface area contributed by atoms with Gasteiger partial charge in [0.1, 0.15) is 16.0 Å². The van der Waals surface area contributed by atoms with Crippen molar-refractivity contribution in [1.82, 2.24) is 0 Å².